The van der Waals surface area contributed by atoms with Gasteiger partial charge in [-0.1, -0.05) is 30.3 Å². The predicted molar refractivity (Wildman–Crippen MR) is 117 cm³/mol. The quantitative estimate of drug-likeness (QED) is 0.440. The Balaban J connectivity index is 1.81. The van der Waals surface area contributed by atoms with E-state index in [2.05, 4.69) is 4.74 Å². The van der Waals surface area contributed by atoms with Gasteiger partial charge in [0.05, 0.1) is 0 Å². The SMILES string of the molecule is Cc1c(N(CC(Cc2ccc(OC(F)(F)F)cc2)N(C)C)S(=O)[O-])sc2ccccc12. The minimum absolute atomic E-state index is 0.197. The molecule has 2 unspecified atom stereocenters. The maximum absolute atomic E-state index is 12.4. The summed E-state index contributed by atoms with van der Waals surface area (Å²) < 4.78 is 67.5. The van der Waals surface area contributed by atoms with Gasteiger partial charge in [0, 0.05) is 28.6 Å². The zero-order chi connectivity index (χ0) is 22.8. The predicted octanol–water partition coefficient (Wildman–Crippen LogP) is 4.88. The van der Waals surface area contributed by atoms with E-state index in [1.807, 2.05) is 50.2 Å². The first-order valence-corrected chi connectivity index (χ1v) is 11.3. The first-order valence-electron chi connectivity index (χ1n) is 9.41. The summed E-state index contributed by atoms with van der Waals surface area (Å²) in [4.78, 5) is 1.91. The molecule has 0 N–H and O–H groups in total. The second-order valence-corrected chi connectivity index (χ2v) is 9.23. The second-order valence-electron chi connectivity index (χ2n) is 7.32. The van der Waals surface area contributed by atoms with E-state index in [1.165, 1.54) is 27.8 Å². The van der Waals surface area contributed by atoms with Gasteiger partial charge in [0.25, 0.3) is 0 Å². The summed E-state index contributed by atoms with van der Waals surface area (Å²) in [7, 11) is 3.69. The monoisotopic (exact) mass is 471 g/mol. The maximum atomic E-state index is 12.4. The minimum Gasteiger partial charge on any atom is -0.755 e. The van der Waals surface area contributed by atoms with Crippen molar-refractivity contribution in [2.24, 2.45) is 0 Å². The zero-order valence-corrected chi connectivity index (χ0v) is 18.8. The molecule has 3 rings (SSSR count). The van der Waals surface area contributed by atoms with Gasteiger partial charge in [-0.15, -0.1) is 24.5 Å². The number of nitrogens with zero attached hydrogens (tertiary/aromatic N) is 2. The summed E-state index contributed by atoms with van der Waals surface area (Å²) in [5.74, 6) is -0.291. The number of likely N-dealkylation sites (N-methyl/N-ethyl adjacent to an activating group) is 1. The van der Waals surface area contributed by atoms with Crippen molar-refractivity contribution in [2.75, 3.05) is 24.9 Å². The fourth-order valence-electron chi connectivity index (χ4n) is 3.31. The molecule has 0 spiro atoms. The van der Waals surface area contributed by atoms with Crippen molar-refractivity contribution < 1.29 is 26.7 Å². The van der Waals surface area contributed by atoms with Crippen LogP contribution < -0.4 is 9.04 Å². The summed E-state index contributed by atoms with van der Waals surface area (Å²) in [5.41, 5.74) is 1.67. The van der Waals surface area contributed by atoms with Crippen LogP contribution in [0.2, 0.25) is 0 Å². The van der Waals surface area contributed by atoms with Crippen LogP contribution in [0.3, 0.4) is 0 Å². The molecule has 0 aliphatic carbocycles. The lowest BCUT2D eigenvalue weighted by atomic mass is 10.0. The van der Waals surface area contributed by atoms with E-state index in [0.717, 1.165) is 21.2 Å². The number of ether oxygens (including phenoxy) is 1. The van der Waals surface area contributed by atoms with Crippen LogP contribution in [0.15, 0.2) is 48.5 Å². The summed E-state index contributed by atoms with van der Waals surface area (Å²) in [6, 6.07) is 13.2. The molecule has 0 radical (unpaired) electrons. The van der Waals surface area contributed by atoms with Gasteiger partial charge >= 0.3 is 6.36 Å². The van der Waals surface area contributed by atoms with Crippen molar-refractivity contribution in [2.45, 2.75) is 25.7 Å². The van der Waals surface area contributed by atoms with Crippen molar-refractivity contribution in [1.82, 2.24) is 4.90 Å². The number of hydrogen-bond donors (Lipinski definition) is 0. The Morgan fingerprint density at radius 1 is 1.13 bits per heavy atom. The minimum atomic E-state index is -4.74. The number of halogens is 3. The number of benzene rings is 2. The van der Waals surface area contributed by atoms with Crippen molar-refractivity contribution in [3.8, 4) is 5.75 Å². The highest BCUT2D eigenvalue weighted by Crippen LogP contribution is 2.38. The average molecular weight is 472 g/mol. The molecule has 0 aliphatic rings. The normalized spacial score (nSPS) is 14.1. The van der Waals surface area contributed by atoms with E-state index in [4.69, 9.17) is 0 Å². The van der Waals surface area contributed by atoms with Crippen LogP contribution in [0.5, 0.6) is 5.75 Å². The number of alkyl halides is 3. The molecule has 2 atom stereocenters. The van der Waals surface area contributed by atoms with E-state index >= 15 is 0 Å². The van der Waals surface area contributed by atoms with Gasteiger partial charge in [-0.3, -0.25) is 8.51 Å². The van der Waals surface area contributed by atoms with E-state index in [0.29, 0.717) is 11.4 Å². The van der Waals surface area contributed by atoms with E-state index in [9.17, 15) is 21.9 Å². The molecule has 1 aromatic heterocycles. The lowest BCUT2D eigenvalue weighted by molar-refractivity contribution is -0.274. The molecular formula is C21H22F3N2O3S2-. The molecule has 1 heterocycles. The van der Waals surface area contributed by atoms with Crippen LogP contribution in [-0.4, -0.2) is 46.7 Å². The van der Waals surface area contributed by atoms with E-state index < -0.39 is 17.6 Å². The van der Waals surface area contributed by atoms with Crippen molar-refractivity contribution >= 4 is 37.7 Å². The number of aryl methyl sites for hydroxylation is 1. The van der Waals surface area contributed by atoms with Crippen LogP contribution in [0.25, 0.3) is 10.1 Å². The van der Waals surface area contributed by atoms with Crippen molar-refractivity contribution in [3.05, 3.63) is 59.7 Å². The van der Waals surface area contributed by atoms with Gasteiger partial charge in [-0.25, -0.2) is 0 Å². The Kier molecular flexibility index (Phi) is 7.25. The number of rotatable bonds is 8. The molecule has 5 nitrogen and oxygen atoms in total. The van der Waals surface area contributed by atoms with E-state index in [1.54, 1.807) is 12.1 Å². The van der Waals surface area contributed by atoms with Crippen LogP contribution in [0, 0.1) is 6.92 Å². The largest absolute Gasteiger partial charge is 0.755 e. The molecule has 0 aliphatic heterocycles. The van der Waals surface area contributed by atoms with Crippen molar-refractivity contribution in [1.29, 1.82) is 0 Å². The smallest absolute Gasteiger partial charge is 0.573 e. The number of anilines is 1. The van der Waals surface area contributed by atoms with Gasteiger partial charge < -0.3 is 14.2 Å². The second kappa shape index (κ2) is 9.56. The van der Waals surface area contributed by atoms with Crippen LogP contribution in [0.1, 0.15) is 11.1 Å². The highest BCUT2D eigenvalue weighted by molar-refractivity contribution is 7.81. The number of fused-ring (bicyclic) bond motifs is 1. The Morgan fingerprint density at radius 2 is 1.77 bits per heavy atom. The van der Waals surface area contributed by atoms with Crippen molar-refractivity contribution in [3.63, 3.8) is 0 Å². The fourth-order valence-corrected chi connectivity index (χ4v) is 5.30. The Morgan fingerprint density at radius 3 is 2.32 bits per heavy atom. The van der Waals surface area contributed by atoms with Gasteiger partial charge in [0.2, 0.25) is 0 Å². The molecule has 0 amide bonds. The first kappa shape index (κ1) is 23.5. The topological polar surface area (TPSA) is 55.8 Å². The summed E-state index contributed by atoms with van der Waals surface area (Å²) in [6.45, 7) is 2.11. The third-order valence-electron chi connectivity index (χ3n) is 4.96. The number of hydrogen-bond acceptors (Lipinski definition) is 5. The molecule has 0 fully saturated rings. The summed E-state index contributed by atoms with van der Waals surface area (Å²) >= 11 is -1.06. The molecule has 31 heavy (non-hydrogen) atoms. The standard InChI is InChI=1S/C21H23F3N2O3S2/c1-14-18-6-4-5-7-19(18)30-20(14)26(31(27)28)13-16(25(2)3)12-15-8-10-17(11-9-15)29-21(22,23)24/h4-11,16H,12-13H2,1-3H3,(H,27,28)/p-1. The highest BCUT2D eigenvalue weighted by atomic mass is 32.2. The Hall–Kier alpha value is -2.14. The lowest BCUT2D eigenvalue weighted by Crippen LogP contribution is -2.42. The van der Waals surface area contributed by atoms with Gasteiger partial charge in [0.1, 0.15) is 10.8 Å². The van der Waals surface area contributed by atoms with Gasteiger partial charge in [0.15, 0.2) is 0 Å². The number of thiophene rings is 1. The molecular weight excluding hydrogens is 449 g/mol. The van der Waals surface area contributed by atoms with Gasteiger partial charge in [-0.05, 0) is 62.2 Å². The zero-order valence-electron chi connectivity index (χ0n) is 17.2. The summed E-state index contributed by atoms with van der Waals surface area (Å²) in [6.07, 6.45) is -4.29. The molecule has 3 aromatic rings. The Bertz CT molecular complexity index is 1050. The third-order valence-corrected chi connectivity index (χ3v) is 7.06. The van der Waals surface area contributed by atoms with Crippen LogP contribution >= 0.6 is 11.3 Å². The van der Waals surface area contributed by atoms with E-state index in [-0.39, 0.29) is 18.3 Å². The lowest BCUT2D eigenvalue weighted by Gasteiger charge is -2.33. The fraction of sp³-hybridized carbons (Fsp3) is 0.333. The molecule has 0 saturated carbocycles. The van der Waals surface area contributed by atoms with Crippen LogP contribution in [-0.2, 0) is 17.7 Å². The molecule has 0 bridgehead atoms. The highest BCUT2D eigenvalue weighted by Gasteiger charge is 2.31. The first-order chi connectivity index (χ1) is 14.5. The van der Waals surface area contributed by atoms with Gasteiger partial charge in [-0.2, -0.15) is 0 Å². The molecule has 0 saturated heterocycles. The third kappa shape index (κ3) is 5.97. The average Bonchev–Trinajstić information content (AvgIpc) is 3.01. The Labute approximate surface area is 185 Å². The molecule has 168 valence electrons. The van der Waals surface area contributed by atoms with Crippen LogP contribution in [0.4, 0.5) is 18.2 Å². The maximum Gasteiger partial charge on any atom is 0.573 e. The molecule has 10 heteroatoms. The summed E-state index contributed by atoms with van der Waals surface area (Å²) in [5, 5.41) is 1.68. The molecule has 2 aromatic carbocycles.